The number of hydrogen-bond acceptors (Lipinski definition) is 4. The van der Waals surface area contributed by atoms with Gasteiger partial charge in [-0.1, -0.05) is 6.07 Å². The molecule has 106 valence electrons. The Labute approximate surface area is 112 Å². The van der Waals surface area contributed by atoms with Crippen molar-refractivity contribution in [2.24, 2.45) is 0 Å². The number of nitrogens with one attached hydrogen (secondary N) is 1. The molecule has 0 amide bonds. The van der Waals surface area contributed by atoms with Crippen molar-refractivity contribution in [2.45, 2.75) is 25.0 Å². The van der Waals surface area contributed by atoms with Crippen molar-refractivity contribution >= 4 is 0 Å². The molecule has 4 nitrogen and oxygen atoms in total. The van der Waals surface area contributed by atoms with Crippen LogP contribution < -0.4 is 10.1 Å². The molecule has 0 spiro atoms. The van der Waals surface area contributed by atoms with E-state index in [0.29, 0.717) is 12.1 Å². The van der Waals surface area contributed by atoms with Crippen LogP contribution in [0.4, 0.5) is 4.39 Å². The average molecular weight is 269 g/mol. The van der Waals surface area contributed by atoms with E-state index >= 15 is 0 Å². The molecule has 1 saturated heterocycles. The predicted molar refractivity (Wildman–Crippen MR) is 69.8 cm³/mol. The summed E-state index contributed by atoms with van der Waals surface area (Å²) in [7, 11) is 1.43. The summed E-state index contributed by atoms with van der Waals surface area (Å²) in [5.74, 6) is -0.211. The lowest BCUT2D eigenvalue weighted by Gasteiger charge is -2.19. The Morgan fingerprint density at radius 2 is 2.42 bits per heavy atom. The summed E-state index contributed by atoms with van der Waals surface area (Å²) in [6.45, 7) is 1.38. The normalized spacial score (nSPS) is 20.5. The number of rotatable bonds is 6. The van der Waals surface area contributed by atoms with Gasteiger partial charge < -0.3 is 19.9 Å². The summed E-state index contributed by atoms with van der Waals surface area (Å²) in [5.41, 5.74) is 0.707. The molecule has 1 heterocycles. The third-order valence-electron chi connectivity index (χ3n) is 3.38. The third kappa shape index (κ3) is 3.65. The zero-order valence-electron chi connectivity index (χ0n) is 11.1. The van der Waals surface area contributed by atoms with Crippen molar-refractivity contribution in [3.8, 4) is 5.75 Å². The van der Waals surface area contributed by atoms with Gasteiger partial charge in [0.05, 0.1) is 25.9 Å². The number of ether oxygens (including phenoxy) is 2. The van der Waals surface area contributed by atoms with Gasteiger partial charge in [-0.25, -0.2) is 4.39 Å². The maximum Gasteiger partial charge on any atom is 0.165 e. The van der Waals surface area contributed by atoms with Crippen molar-refractivity contribution < 1.29 is 19.0 Å². The molecule has 2 unspecified atom stereocenters. The van der Waals surface area contributed by atoms with Gasteiger partial charge in [0.15, 0.2) is 11.6 Å². The molecule has 2 atom stereocenters. The summed E-state index contributed by atoms with van der Waals surface area (Å²) >= 11 is 0. The molecule has 0 radical (unpaired) electrons. The first-order chi connectivity index (χ1) is 9.24. The van der Waals surface area contributed by atoms with Gasteiger partial charge >= 0.3 is 0 Å². The van der Waals surface area contributed by atoms with E-state index in [-0.39, 0.29) is 24.5 Å². The zero-order chi connectivity index (χ0) is 13.7. The molecule has 0 bridgehead atoms. The lowest BCUT2D eigenvalue weighted by Crippen LogP contribution is -2.32. The van der Waals surface area contributed by atoms with Crippen LogP contribution in [0.1, 0.15) is 24.4 Å². The standard InChI is InChI=1S/C14H20FNO3/c1-18-14-5-4-10(7-12(14)15)13(9-17)16-8-11-3-2-6-19-11/h4-5,7,11,13,16-17H,2-3,6,8-9H2,1H3. The molecule has 2 rings (SSSR count). The summed E-state index contributed by atoms with van der Waals surface area (Å²) in [4.78, 5) is 0. The van der Waals surface area contributed by atoms with Crippen LogP contribution in [0.25, 0.3) is 0 Å². The number of aliphatic hydroxyl groups excluding tert-OH is 1. The Morgan fingerprint density at radius 3 is 3.00 bits per heavy atom. The van der Waals surface area contributed by atoms with E-state index < -0.39 is 5.82 Å². The highest BCUT2D eigenvalue weighted by atomic mass is 19.1. The molecule has 0 aliphatic carbocycles. The second kappa shape index (κ2) is 6.84. The number of halogens is 1. The fraction of sp³-hybridized carbons (Fsp3) is 0.571. The quantitative estimate of drug-likeness (QED) is 0.824. The van der Waals surface area contributed by atoms with Crippen molar-refractivity contribution in [1.82, 2.24) is 5.32 Å². The van der Waals surface area contributed by atoms with Gasteiger partial charge in [0, 0.05) is 13.2 Å². The highest BCUT2D eigenvalue weighted by molar-refractivity contribution is 5.31. The summed E-state index contributed by atoms with van der Waals surface area (Å²) in [6, 6.07) is 4.43. The van der Waals surface area contributed by atoms with E-state index in [2.05, 4.69) is 5.32 Å². The van der Waals surface area contributed by atoms with Gasteiger partial charge in [-0.2, -0.15) is 0 Å². The van der Waals surface area contributed by atoms with Crippen LogP contribution in [-0.2, 0) is 4.74 Å². The van der Waals surface area contributed by atoms with Crippen molar-refractivity contribution in [2.75, 3.05) is 26.9 Å². The Hall–Kier alpha value is -1.17. The highest BCUT2D eigenvalue weighted by Gasteiger charge is 2.18. The van der Waals surface area contributed by atoms with Gasteiger partial charge in [0.2, 0.25) is 0 Å². The Morgan fingerprint density at radius 1 is 1.58 bits per heavy atom. The van der Waals surface area contributed by atoms with Crippen molar-refractivity contribution in [1.29, 1.82) is 0 Å². The molecule has 5 heteroatoms. The molecule has 1 aliphatic heterocycles. The van der Waals surface area contributed by atoms with Crippen LogP contribution in [-0.4, -0.2) is 38.1 Å². The van der Waals surface area contributed by atoms with E-state index in [4.69, 9.17) is 9.47 Å². The number of methoxy groups -OCH3 is 1. The predicted octanol–water partition coefficient (Wildman–Crippen LogP) is 1.64. The van der Waals surface area contributed by atoms with E-state index in [9.17, 15) is 9.50 Å². The van der Waals surface area contributed by atoms with Crippen LogP contribution in [0.15, 0.2) is 18.2 Å². The summed E-state index contributed by atoms with van der Waals surface area (Å²) in [6.07, 6.45) is 2.30. The Bertz CT molecular complexity index is 408. The maximum atomic E-state index is 13.6. The van der Waals surface area contributed by atoms with Gasteiger partial charge in [0.25, 0.3) is 0 Å². The molecule has 19 heavy (non-hydrogen) atoms. The zero-order valence-corrected chi connectivity index (χ0v) is 11.1. The van der Waals surface area contributed by atoms with E-state index in [1.807, 2.05) is 0 Å². The Balaban J connectivity index is 1.97. The average Bonchev–Trinajstić information content (AvgIpc) is 2.93. The van der Waals surface area contributed by atoms with Crippen LogP contribution in [0.3, 0.4) is 0 Å². The molecule has 1 aromatic rings. The van der Waals surface area contributed by atoms with Gasteiger partial charge in [-0.3, -0.25) is 0 Å². The smallest absolute Gasteiger partial charge is 0.165 e. The summed E-state index contributed by atoms with van der Waals surface area (Å²) in [5, 5.41) is 12.6. The fourth-order valence-electron chi connectivity index (χ4n) is 2.27. The number of hydrogen-bond donors (Lipinski definition) is 2. The van der Waals surface area contributed by atoms with Crippen LogP contribution in [0.5, 0.6) is 5.75 Å². The lowest BCUT2D eigenvalue weighted by molar-refractivity contribution is 0.104. The second-order valence-electron chi connectivity index (χ2n) is 4.67. The molecule has 2 N–H and O–H groups in total. The monoisotopic (exact) mass is 269 g/mol. The van der Waals surface area contributed by atoms with E-state index in [0.717, 1.165) is 19.4 Å². The van der Waals surface area contributed by atoms with E-state index in [1.54, 1.807) is 12.1 Å². The lowest BCUT2D eigenvalue weighted by atomic mass is 10.1. The second-order valence-corrected chi connectivity index (χ2v) is 4.67. The number of benzene rings is 1. The van der Waals surface area contributed by atoms with Crippen LogP contribution in [0.2, 0.25) is 0 Å². The van der Waals surface area contributed by atoms with Gasteiger partial charge in [-0.05, 0) is 30.5 Å². The first-order valence-corrected chi connectivity index (χ1v) is 6.54. The third-order valence-corrected chi connectivity index (χ3v) is 3.38. The molecule has 1 aromatic carbocycles. The van der Waals surface area contributed by atoms with Crippen LogP contribution in [0, 0.1) is 5.82 Å². The topological polar surface area (TPSA) is 50.7 Å². The highest BCUT2D eigenvalue weighted by Crippen LogP contribution is 2.22. The largest absolute Gasteiger partial charge is 0.494 e. The summed E-state index contributed by atoms with van der Waals surface area (Å²) < 4.78 is 24.0. The molecular formula is C14H20FNO3. The minimum absolute atomic E-state index is 0.0848. The molecular weight excluding hydrogens is 249 g/mol. The number of aliphatic hydroxyl groups is 1. The first kappa shape index (κ1) is 14.2. The first-order valence-electron chi connectivity index (χ1n) is 6.54. The van der Waals surface area contributed by atoms with Crippen LogP contribution >= 0.6 is 0 Å². The molecule has 1 aliphatic rings. The van der Waals surface area contributed by atoms with E-state index in [1.165, 1.54) is 13.2 Å². The maximum absolute atomic E-state index is 13.6. The van der Waals surface area contributed by atoms with Gasteiger partial charge in [0.1, 0.15) is 0 Å². The van der Waals surface area contributed by atoms with Crippen molar-refractivity contribution in [3.63, 3.8) is 0 Å². The minimum atomic E-state index is -0.419. The fourth-order valence-corrected chi connectivity index (χ4v) is 2.27. The molecule has 0 aromatic heterocycles. The minimum Gasteiger partial charge on any atom is -0.494 e. The van der Waals surface area contributed by atoms with Gasteiger partial charge in [-0.15, -0.1) is 0 Å². The Kier molecular flexibility index (Phi) is 5.13. The molecule has 0 saturated carbocycles. The SMILES string of the molecule is COc1ccc(C(CO)NCC2CCCO2)cc1F. The van der Waals surface area contributed by atoms with Crippen molar-refractivity contribution in [3.05, 3.63) is 29.6 Å². The molecule has 1 fully saturated rings.